The number of fused-ring (bicyclic) bond motifs is 2. The zero-order valence-electron chi connectivity index (χ0n) is 14.4. The van der Waals surface area contributed by atoms with Crippen molar-refractivity contribution in [3.8, 4) is 0 Å². The van der Waals surface area contributed by atoms with Gasteiger partial charge in [0, 0.05) is 24.9 Å². The number of hydrogen-bond donors (Lipinski definition) is 0. The quantitative estimate of drug-likeness (QED) is 0.257. The monoisotopic (exact) mass is 404 g/mol. The van der Waals surface area contributed by atoms with E-state index in [0.717, 1.165) is 9.80 Å². The number of carboxylic acids is 2. The SMILES string of the molecule is O=C([O-])C1CC2CCC(=O)N2C1=O.O=C([O-])C1CC2CCC(=O)N2C1=O.[Ca+2]. The molecule has 0 aromatic carbocycles. The Labute approximate surface area is 183 Å². The molecule has 27 heavy (non-hydrogen) atoms. The fourth-order valence-corrected chi connectivity index (χ4v) is 4.01. The van der Waals surface area contributed by atoms with Crippen LogP contribution in [0.4, 0.5) is 0 Å². The van der Waals surface area contributed by atoms with Gasteiger partial charge in [-0.15, -0.1) is 0 Å². The van der Waals surface area contributed by atoms with Gasteiger partial charge < -0.3 is 19.8 Å². The van der Waals surface area contributed by atoms with Crippen molar-refractivity contribution in [2.45, 2.75) is 50.6 Å². The molecule has 4 rings (SSSR count). The molecule has 4 aliphatic rings. The minimum atomic E-state index is -1.37. The summed E-state index contributed by atoms with van der Waals surface area (Å²) in [6, 6.07) is -0.384. The Balaban J connectivity index is 0.000000187. The molecule has 0 saturated carbocycles. The summed E-state index contributed by atoms with van der Waals surface area (Å²) >= 11 is 0. The number of amides is 4. The molecule has 0 bridgehead atoms. The first-order valence-corrected chi connectivity index (χ1v) is 8.36. The minimum absolute atomic E-state index is 0. The van der Waals surface area contributed by atoms with Crippen LogP contribution in [-0.2, 0) is 28.8 Å². The van der Waals surface area contributed by atoms with Gasteiger partial charge in [0.15, 0.2) is 0 Å². The standard InChI is InChI=1S/2C8H9NO4.Ca/c2*10-6-2-1-4-3-5(8(12)13)7(11)9(4)6;/h2*4-5H,1-3H2,(H,12,13);/q;;+2/p-2. The number of aliphatic carboxylic acids is 2. The molecule has 0 radical (unpaired) electrons. The number of carboxylic acid groups (broad SMARTS) is 2. The summed E-state index contributed by atoms with van der Waals surface area (Å²) in [5.41, 5.74) is 0. The van der Waals surface area contributed by atoms with Crippen molar-refractivity contribution in [1.82, 2.24) is 9.80 Å². The van der Waals surface area contributed by atoms with Gasteiger partial charge in [-0.2, -0.15) is 0 Å². The summed E-state index contributed by atoms with van der Waals surface area (Å²) in [4.78, 5) is 68.0. The Morgan fingerprint density at radius 3 is 1.33 bits per heavy atom. The van der Waals surface area contributed by atoms with Gasteiger partial charge in [0.2, 0.25) is 23.6 Å². The summed E-state index contributed by atoms with van der Waals surface area (Å²) in [7, 11) is 0. The second kappa shape index (κ2) is 8.24. The molecular weight excluding hydrogens is 388 g/mol. The normalized spacial score (nSPS) is 31.3. The maximum atomic E-state index is 11.3. The van der Waals surface area contributed by atoms with Gasteiger partial charge in [-0.05, 0) is 25.7 Å². The van der Waals surface area contributed by atoms with Crippen LogP contribution in [0.3, 0.4) is 0 Å². The predicted molar refractivity (Wildman–Crippen MR) is 81.7 cm³/mol. The van der Waals surface area contributed by atoms with Crippen molar-refractivity contribution in [2.75, 3.05) is 0 Å². The molecular formula is C16H16CaN2O8. The zero-order chi connectivity index (χ0) is 19.2. The molecule has 140 valence electrons. The summed E-state index contributed by atoms with van der Waals surface area (Å²) in [5.74, 6) is -6.62. The molecule has 4 aliphatic heterocycles. The molecule has 4 saturated heterocycles. The Morgan fingerprint density at radius 2 is 1.07 bits per heavy atom. The fourth-order valence-electron chi connectivity index (χ4n) is 4.01. The van der Waals surface area contributed by atoms with E-state index in [1.54, 1.807) is 0 Å². The molecule has 0 aliphatic carbocycles. The second-order valence-electron chi connectivity index (χ2n) is 6.80. The molecule has 0 N–H and O–H groups in total. The first-order valence-electron chi connectivity index (χ1n) is 8.36. The maximum absolute atomic E-state index is 11.3. The number of hydrogen-bond acceptors (Lipinski definition) is 8. The molecule has 11 heteroatoms. The average Bonchev–Trinajstić information content (AvgIpc) is 3.27. The Hall–Kier alpha value is -1.52. The van der Waals surface area contributed by atoms with E-state index in [1.165, 1.54) is 0 Å². The Kier molecular flexibility index (Phi) is 6.64. The molecule has 0 spiro atoms. The number of rotatable bonds is 2. The molecule has 0 aromatic rings. The van der Waals surface area contributed by atoms with Crippen molar-refractivity contribution in [1.29, 1.82) is 0 Å². The van der Waals surface area contributed by atoms with Gasteiger partial charge in [0.25, 0.3) is 0 Å². The maximum Gasteiger partial charge on any atom is 2.00 e. The van der Waals surface area contributed by atoms with E-state index in [4.69, 9.17) is 0 Å². The van der Waals surface area contributed by atoms with Gasteiger partial charge in [-0.25, -0.2) is 0 Å². The zero-order valence-corrected chi connectivity index (χ0v) is 16.6. The van der Waals surface area contributed by atoms with E-state index in [9.17, 15) is 39.0 Å². The van der Waals surface area contributed by atoms with Gasteiger partial charge in [0.05, 0.1) is 23.8 Å². The summed E-state index contributed by atoms with van der Waals surface area (Å²) in [5, 5.41) is 21.0. The predicted octanol–water partition coefficient (Wildman–Crippen LogP) is -3.83. The van der Waals surface area contributed by atoms with Gasteiger partial charge in [-0.1, -0.05) is 0 Å². The van der Waals surface area contributed by atoms with Crippen molar-refractivity contribution in [3.63, 3.8) is 0 Å². The van der Waals surface area contributed by atoms with Crippen molar-refractivity contribution >= 4 is 73.3 Å². The fraction of sp³-hybridized carbons (Fsp3) is 0.625. The average molecular weight is 404 g/mol. The second-order valence-corrected chi connectivity index (χ2v) is 6.80. The first-order chi connectivity index (χ1) is 12.2. The van der Waals surface area contributed by atoms with Gasteiger partial charge in [0.1, 0.15) is 0 Å². The Bertz CT molecular complexity index is 663. The van der Waals surface area contributed by atoms with Gasteiger partial charge >= 0.3 is 37.7 Å². The van der Waals surface area contributed by atoms with Crippen molar-refractivity contribution in [3.05, 3.63) is 0 Å². The smallest absolute Gasteiger partial charge is 0.549 e. The minimum Gasteiger partial charge on any atom is -0.549 e. The van der Waals surface area contributed by atoms with E-state index in [2.05, 4.69) is 0 Å². The van der Waals surface area contributed by atoms with Crippen LogP contribution in [0.5, 0.6) is 0 Å². The molecule has 0 aromatic heterocycles. The van der Waals surface area contributed by atoms with Crippen molar-refractivity contribution in [2.24, 2.45) is 11.8 Å². The number of imide groups is 2. The van der Waals surface area contributed by atoms with Crippen molar-refractivity contribution < 1.29 is 39.0 Å². The third-order valence-electron chi connectivity index (χ3n) is 5.31. The number of carbonyl (C=O) groups is 6. The largest absolute Gasteiger partial charge is 2.00 e. The van der Waals surface area contributed by atoms with Crippen LogP contribution >= 0.6 is 0 Å². The number of nitrogens with zero attached hydrogens (tertiary/aromatic N) is 2. The molecule has 4 fully saturated rings. The van der Waals surface area contributed by atoms with Gasteiger partial charge in [-0.3, -0.25) is 29.0 Å². The summed E-state index contributed by atoms with van der Waals surface area (Å²) in [6.07, 6.45) is 2.36. The molecule has 4 unspecified atom stereocenters. The van der Waals surface area contributed by atoms with E-state index in [1.807, 2.05) is 0 Å². The summed E-state index contributed by atoms with van der Waals surface area (Å²) < 4.78 is 0. The number of carbonyl (C=O) groups excluding carboxylic acids is 6. The van der Waals surface area contributed by atoms with Crippen LogP contribution in [0.25, 0.3) is 0 Å². The van der Waals surface area contributed by atoms with E-state index in [-0.39, 0.29) is 74.5 Å². The third-order valence-corrected chi connectivity index (χ3v) is 5.31. The van der Waals surface area contributed by atoms with Crippen LogP contribution in [0.1, 0.15) is 38.5 Å². The molecule has 4 heterocycles. The topological polar surface area (TPSA) is 155 Å². The molecule has 4 amide bonds. The van der Waals surface area contributed by atoms with Crippen LogP contribution in [0, 0.1) is 11.8 Å². The van der Waals surface area contributed by atoms with E-state index >= 15 is 0 Å². The van der Waals surface area contributed by atoms with E-state index < -0.39 is 35.6 Å². The van der Waals surface area contributed by atoms with Crippen LogP contribution < -0.4 is 10.2 Å². The van der Waals surface area contributed by atoms with Crippen LogP contribution in [-0.4, -0.2) is 95.2 Å². The summed E-state index contributed by atoms with van der Waals surface area (Å²) in [6.45, 7) is 0. The molecule has 10 nitrogen and oxygen atoms in total. The first kappa shape index (κ1) is 21.8. The Morgan fingerprint density at radius 1 is 0.741 bits per heavy atom. The van der Waals surface area contributed by atoms with Crippen LogP contribution in [0.2, 0.25) is 0 Å². The third kappa shape index (κ3) is 3.88. The van der Waals surface area contributed by atoms with Crippen LogP contribution in [0.15, 0.2) is 0 Å². The molecule has 4 atom stereocenters. The van der Waals surface area contributed by atoms with E-state index in [0.29, 0.717) is 25.7 Å².